The van der Waals surface area contributed by atoms with Crippen LogP contribution >= 0.6 is 0 Å². The summed E-state index contributed by atoms with van der Waals surface area (Å²) in [5, 5.41) is 6.99. The first-order valence-electron chi connectivity index (χ1n) is 6.02. The fourth-order valence-electron chi connectivity index (χ4n) is 1.86. The lowest BCUT2D eigenvalue weighted by Crippen LogP contribution is -2.58. The molecule has 1 fully saturated rings. The van der Waals surface area contributed by atoms with Gasteiger partial charge in [-0.25, -0.2) is 0 Å². The van der Waals surface area contributed by atoms with Crippen molar-refractivity contribution in [2.75, 3.05) is 32.7 Å². The SMILES string of the molecule is CC(C)(C)NCC(C)(C)N1CCNCC1. The van der Waals surface area contributed by atoms with E-state index in [2.05, 4.69) is 50.2 Å². The number of nitrogens with one attached hydrogen (secondary N) is 2. The Bertz CT molecular complexity index is 188. The van der Waals surface area contributed by atoms with Gasteiger partial charge in [0.05, 0.1) is 0 Å². The molecule has 1 saturated heterocycles. The molecule has 0 radical (unpaired) electrons. The Kier molecular flexibility index (Phi) is 4.15. The van der Waals surface area contributed by atoms with Crippen LogP contribution < -0.4 is 10.6 Å². The van der Waals surface area contributed by atoms with Gasteiger partial charge >= 0.3 is 0 Å². The summed E-state index contributed by atoms with van der Waals surface area (Å²) in [5.74, 6) is 0. The highest BCUT2D eigenvalue weighted by atomic mass is 15.3. The molecule has 0 unspecified atom stereocenters. The molecule has 1 rings (SSSR count). The molecule has 1 heterocycles. The van der Waals surface area contributed by atoms with Crippen LogP contribution in [0.4, 0.5) is 0 Å². The lowest BCUT2D eigenvalue weighted by Gasteiger charge is -2.42. The van der Waals surface area contributed by atoms with Crippen LogP contribution in [0, 0.1) is 0 Å². The molecule has 2 N–H and O–H groups in total. The molecule has 1 aliphatic heterocycles. The van der Waals surface area contributed by atoms with Crippen molar-refractivity contribution in [1.82, 2.24) is 15.5 Å². The second-order valence-corrected chi connectivity index (χ2v) is 6.15. The van der Waals surface area contributed by atoms with E-state index in [1.165, 1.54) is 13.1 Å². The second-order valence-electron chi connectivity index (χ2n) is 6.15. The maximum absolute atomic E-state index is 3.60. The van der Waals surface area contributed by atoms with E-state index >= 15 is 0 Å². The van der Waals surface area contributed by atoms with E-state index in [1.807, 2.05) is 0 Å². The van der Waals surface area contributed by atoms with Crippen LogP contribution in [0.15, 0.2) is 0 Å². The van der Waals surface area contributed by atoms with Crippen LogP contribution in [0.2, 0.25) is 0 Å². The number of rotatable bonds is 3. The molecule has 0 aromatic heterocycles. The van der Waals surface area contributed by atoms with E-state index in [4.69, 9.17) is 0 Å². The van der Waals surface area contributed by atoms with Crippen molar-refractivity contribution in [2.24, 2.45) is 0 Å². The summed E-state index contributed by atoms with van der Waals surface area (Å²) in [5.41, 5.74) is 0.473. The molecular formula is C12H27N3. The Morgan fingerprint density at radius 2 is 1.60 bits per heavy atom. The Morgan fingerprint density at radius 3 is 2.07 bits per heavy atom. The van der Waals surface area contributed by atoms with Gasteiger partial charge in [-0.05, 0) is 34.6 Å². The average Bonchev–Trinajstić information content (AvgIpc) is 2.16. The quantitative estimate of drug-likeness (QED) is 0.734. The molecule has 15 heavy (non-hydrogen) atoms. The molecule has 0 bridgehead atoms. The molecule has 0 aliphatic carbocycles. The van der Waals surface area contributed by atoms with Gasteiger partial charge in [-0.15, -0.1) is 0 Å². The van der Waals surface area contributed by atoms with Crippen LogP contribution in [0.1, 0.15) is 34.6 Å². The molecule has 90 valence electrons. The molecule has 3 heteroatoms. The summed E-state index contributed by atoms with van der Waals surface area (Å²) in [6.07, 6.45) is 0. The molecule has 3 nitrogen and oxygen atoms in total. The topological polar surface area (TPSA) is 27.3 Å². The Morgan fingerprint density at radius 1 is 1.07 bits per heavy atom. The van der Waals surface area contributed by atoms with Gasteiger partial charge in [-0.1, -0.05) is 0 Å². The molecule has 0 saturated carbocycles. The number of nitrogens with zero attached hydrogens (tertiary/aromatic N) is 1. The van der Waals surface area contributed by atoms with E-state index in [-0.39, 0.29) is 11.1 Å². The van der Waals surface area contributed by atoms with Gasteiger partial charge in [-0.2, -0.15) is 0 Å². The first-order chi connectivity index (χ1) is 6.81. The standard InChI is InChI=1S/C12H27N3/c1-11(2,3)14-10-12(4,5)15-8-6-13-7-9-15/h13-14H,6-10H2,1-5H3. The highest BCUT2D eigenvalue weighted by Crippen LogP contribution is 2.15. The van der Waals surface area contributed by atoms with Gasteiger partial charge < -0.3 is 10.6 Å². The van der Waals surface area contributed by atoms with E-state index in [1.54, 1.807) is 0 Å². The van der Waals surface area contributed by atoms with Gasteiger partial charge in [0.25, 0.3) is 0 Å². The average molecular weight is 213 g/mol. The molecule has 1 aliphatic rings. The van der Waals surface area contributed by atoms with Crippen molar-refractivity contribution in [1.29, 1.82) is 0 Å². The predicted molar refractivity (Wildman–Crippen MR) is 66.3 cm³/mol. The minimum atomic E-state index is 0.214. The van der Waals surface area contributed by atoms with Gasteiger partial charge in [0.15, 0.2) is 0 Å². The molecule has 0 amide bonds. The van der Waals surface area contributed by atoms with Crippen LogP contribution in [0.25, 0.3) is 0 Å². The zero-order chi connectivity index (χ0) is 11.5. The van der Waals surface area contributed by atoms with Gasteiger partial charge in [0.2, 0.25) is 0 Å². The van der Waals surface area contributed by atoms with Gasteiger partial charge in [0, 0.05) is 43.8 Å². The number of hydrogen-bond donors (Lipinski definition) is 2. The van der Waals surface area contributed by atoms with E-state index < -0.39 is 0 Å². The van der Waals surface area contributed by atoms with E-state index in [0.717, 1.165) is 19.6 Å². The van der Waals surface area contributed by atoms with Gasteiger partial charge in [-0.3, -0.25) is 4.90 Å². The van der Waals surface area contributed by atoms with Crippen molar-refractivity contribution in [3.8, 4) is 0 Å². The largest absolute Gasteiger partial charge is 0.314 e. The van der Waals surface area contributed by atoms with Crippen molar-refractivity contribution in [2.45, 2.75) is 45.7 Å². The first kappa shape index (κ1) is 12.9. The lowest BCUT2D eigenvalue weighted by atomic mass is 9.99. The maximum atomic E-state index is 3.60. The van der Waals surface area contributed by atoms with E-state index in [9.17, 15) is 0 Å². The Balaban J connectivity index is 2.42. The summed E-state index contributed by atoms with van der Waals surface area (Å²) in [7, 11) is 0. The van der Waals surface area contributed by atoms with Crippen LogP contribution in [0.3, 0.4) is 0 Å². The first-order valence-corrected chi connectivity index (χ1v) is 6.02. The van der Waals surface area contributed by atoms with Crippen LogP contribution in [0.5, 0.6) is 0 Å². The third kappa shape index (κ3) is 4.49. The van der Waals surface area contributed by atoms with E-state index in [0.29, 0.717) is 0 Å². The van der Waals surface area contributed by atoms with Crippen molar-refractivity contribution in [3.05, 3.63) is 0 Å². The zero-order valence-electron chi connectivity index (χ0n) is 11.0. The highest BCUT2D eigenvalue weighted by molar-refractivity contribution is 4.88. The third-order valence-electron chi connectivity index (χ3n) is 3.02. The number of piperazine rings is 1. The zero-order valence-corrected chi connectivity index (χ0v) is 11.0. The smallest absolute Gasteiger partial charge is 0.0278 e. The molecule has 0 aromatic rings. The molecule has 0 aromatic carbocycles. The molecule has 0 atom stereocenters. The molecular weight excluding hydrogens is 186 g/mol. The number of hydrogen-bond acceptors (Lipinski definition) is 3. The second kappa shape index (κ2) is 4.81. The maximum Gasteiger partial charge on any atom is 0.0278 e. The minimum absolute atomic E-state index is 0.214. The summed E-state index contributed by atoms with van der Waals surface area (Å²) < 4.78 is 0. The van der Waals surface area contributed by atoms with Crippen molar-refractivity contribution < 1.29 is 0 Å². The summed E-state index contributed by atoms with van der Waals surface area (Å²) in [6, 6.07) is 0. The monoisotopic (exact) mass is 213 g/mol. The van der Waals surface area contributed by atoms with Crippen molar-refractivity contribution in [3.63, 3.8) is 0 Å². The third-order valence-corrected chi connectivity index (χ3v) is 3.02. The summed E-state index contributed by atoms with van der Waals surface area (Å²) in [4.78, 5) is 2.57. The fourth-order valence-corrected chi connectivity index (χ4v) is 1.86. The molecule has 0 spiro atoms. The Labute approximate surface area is 94.6 Å². The predicted octanol–water partition coefficient (Wildman–Crippen LogP) is 1.06. The van der Waals surface area contributed by atoms with Crippen molar-refractivity contribution >= 4 is 0 Å². The summed E-state index contributed by atoms with van der Waals surface area (Å²) >= 11 is 0. The minimum Gasteiger partial charge on any atom is -0.314 e. The lowest BCUT2D eigenvalue weighted by molar-refractivity contribution is 0.0959. The van der Waals surface area contributed by atoms with Crippen LogP contribution in [-0.4, -0.2) is 48.7 Å². The Hall–Kier alpha value is -0.120. The highest BCUT2D eigenvalue weighted by Gasteiger charge is 2.28. The normalized spacial score (nSPS) is 20.6. The summed E-state index contributed by atoms with van der Waals surface area (Å²) in [6.45, 7) is 17.0. The fraction of sp³-hybridized carbons (Fsp3) is 1.00. The van der Waals surface area contributed by atoms with Gasteiger partial charge in [0.1, 0.15) is 0 Å². The van der Waals surface area contributed by atoms with Crippen LogP contribution in [-0.2, 0) is 0 Å².